The van der Waals surface area contributed by atoms with Crippen LogP contribution in [0.2, 0.25) is 0 Å². The van der Waals surface area contributed by atoms with E-state index in [0.29, 0.717) is 17.8 Å². The highest BCUT2D eigenvalue weighted by Gasteiger charge is 2.44. The van der Waals surface area contributed by atoms with Crippen molar-refractivity contribution in [2.45, 2.75) is 0 Å². The van der Waals surface area contributed by atoms with Crippen LogP contribution >= 0.6 is 0 Å². The van der Waals surface area contributed by atoms with E-state index in [0.717, 1.165) is 0 Å². The van der Waals surface area contributed by atoms with Crippen molar-refractivity contribution in [2.24, 2.45) is 17.8 Å². The molecular weight excluding hydrogens is 112 g/mol. The zero-order valence-corrected chi connectivity index (χ0v) is 5.46. The van der Waals surface area contributed by atoms with Crippen LogP contribution in [-0.2, 0) is 0 Å². The monoisotopic (exact) mass is 124 g/mol. The Morgan fingerprint density at radius 3 is 1.78 bits per heavy atom. The van der Waals surface area contributed by atoms with Crippen LogP contribution in [0.1, 0.15) is 0 Å². The van der Waals surface area contributed by atoms with Crippen LogP contribution in [0.3, 0.4) is 0 Å². The molecule has 1 fully saturated rings. The van der Waals surface area contributed by atoms with Crippen molar-refractivity contribution in [1.29, 1.82) is 0 Å². The highest BCUT2D eigenvalue weighted by molar-refractivity contribution is 5.12. The SMILES string of the molecule is C=C[C@@H]1C(CO)[C@@H]1C=C. The zero-order valence-electron chi connectivity index (χ0n) is 5.46. The molecule has 0 spiro atoms. The molecule has 0 saturated heterocycles. The van der Waals surface area contributed by atoms with E-state index in [1.54, 1.807) is 0 Å². The molecule has 1 N–H and O–H groups in total. The lowest BCUT2D eigenvalue weighted by Crippen LogP contribution is -1.86. The minimum Gasteiger partial charge on any atom is -0.396 e. The second-order valence-electron chi connectivity index (χ2n) is 2.47. The average molecular weight is 124 g/mol. The average Bonchev–Trinajstić information content (AvgIpc) is 2.59. The molecular formula is C8H12O. The van der Waals surface area contributed by atoms with Gasteiger partial charge in [-0.1, -0.05) is 12.2 Å². The molecule has 0 aromatic carbocycles. The van der Waals surface area contributed by atoms with Gasteiger partial charge in [0.05, 0.1) is 0 Å². The molecule has 1 aliphatic rings. The van der Waals surface area contributed by atoms with Crippen LogP contribution in [0.15, 0.2) is 25.3 Å². The van der Waals surface area contributed by atoms with Gasteiger partial charge in [-0.15, -0.1) is 13.2 Å². The molecule has 0 amide bonds. The van der Waals surface area contributed by atoms with Crippen molar-refractivity contribution < 1.29 is 5.11 Å². The summed E-state index contributed by atoms with van der Waals surface area (Å²) in [7, 11) is 0. The molecule has 0 bridgehead atoms. The quantitative estimate of drug-likeness (QED) is 0.561. The lowest BCUT2D eigenvalue weighted by Gasteiger charge is -1.82. The van der Waals surface area contributed by atoms with E-state index in [4.69, 9.17) is 5.11 Å². The Balaban J connectivity index is 2.43. The summed E-state index contributed by atoms with van der Waals surface area (Å²) in [5, 5.41) is 8.71. The van der Waals surface area contributed by atoms with Gasteiger partial charge < -0.3 is 5.11 Å². The Hall–Kier alpha value is -0.560. The van der Waals surface area contributed by atoms with Gasteiger partial charge in [0.25, 0.3) is 0 Å². The van der Waals surface area contributed by atoms with Crippen LogP contribution in [0, 0.1) is 17.8 Å². The number of hydrogen-bond acceptors (Lipinski definition) is 1. The van der Waals surface area contributed by atoms with Gasteiger partial charge in [-0.2, -0.15) is 0 Å². The highest BCUT2D eigenvalue weighted by atomic mass is 16.3. The smallest absolute Gasteiger partial charge is 0.0470 e. The molecule has 1 nitrogen and oxygen atoms in total. The normalized spacial score (nSPS) is 39.9. The van der Waals surface area contributed by atoms with Gasteiger partial charge in [0.2, 0.25) is 0 Å². The number of aliphatic hydroxyl groups is 1. The number of allylic oxidation sites excluding steroid dienone is 2. The first-order chi connectivity index (χ1) is 4.35. The molecule has 0 aliphatic heterocycles. The summed E-state index contributed by atoms with van der Waals surface area (Å²) >= 11 is 0. The second kappa shape index (κ2) is 2.36. The van der Waals surface area contributed by atoms with Crippen molar-refractivity contribution in [3.8, 4) is 0 Å². The van der Waals surface area contributed by atoms with Crippen LogP contribution in [-0.4, -0.2) is 11.7 Å². The van der Waals surface area contributed by atoms with E-state index in [2.05, 4.69) is 13.2 Å². The van der Waals surface area contributed by atoms with Crippen molar-refractivity contribution in [2.75, 3.05) is 6.61 Å². The van der Waals surface area contributed by atoms with Gasteiger partial charge in [-0.05, 0) is 17.8 Å². The minimum atomic E-state index is 0.271. The summed E-state index contributed by atoms with van der Waals surface area (Å²) in [6.45, 7) is 7.59. The molecule has 1 heteroatoms. The number of rotatable bonds is 3. The molecule has 0 heterocycles. The third-order valence-corrected chi connectivity index (χ3v) is 2.05. The van der Waals surface area contributed by atoms with Crippen LogP contribution < -0.4 is 0 Å². The first-order valence-corrected chi connectivity index (χ1v) is 3.21. The molecule has 0 aromatic heterocycles. The standard InChI is InChI=1S/C8H12O/c1-3-6-7(4-2)8(6)5-9/h3-4,6-9H,1-2,5H2/t6-,7+,8?. The van der Waals surface area contributed by atoms with E-state index < -0.39 is 0 Å². The maximum absolute atomic E-state index is 8.71. The zero-order chi connectivity index (χ0) is 6.85. The predicted molar refractivity (Wildman–Crippen MR) is 37.9 cm³/mol. The molecule has 0 radical (unpaired) electrons. The number of hydrogen-bond donors (Lipinski definition) is 1. The van der Waals surface area contributed by atoms with E-state index in [1.807, 2.05) is 12.2 Å². The summed E-state index contributed by atoms with van der Waals surface area (Å²) in [6, 6.07) is 0. The summed E-state index contributed by atoms with van der Waals surface area (Å²) < 4.78 is 0. The van der Waals surface area contributed by atoms with E-state index in [9.17, 15) is 0 Å². The molecule has 1 saturated carbocycles. The van der Waals surface area contributed by atoms with E-state index in [-0.39, 0.29) is 6.61 Å². The van der Waals surface area contributed by atoms with Gasteiger partial charge in [0, 0.05) is 6.61 Å². The van der Waals surface area contributed by atoms with Crippen molar-refractivity contribution in [3.05, 3.63) is 25.3 Å². The largest absolute Gasteiger partial charge is 0.396 e. The first-order valence-electron chi connectivity index (χ1n) is 3.21. The summed E-state index contributed by atoms with van der Waals surface area (Å²) in [6.07, 6.45) is 3.79. The fourth-order valence-electron chi connectivity index (χ4n) is 1.34. The van der Waals surface area contributed by atoms with E-state index in [1.165, 1.54) is 0 Å². The molecule has 1 unspecified atom stereocenters. The van der Waals surface area contributed by atoms with Crippen molar-refractivity contribution in [3.63, 3.8) is 0 Å². The van der Waals surface area contributed by atoms with Crippen molar-refractivity contribution >= 4 is 0 Å². The van der Waals surface area contributed by atoms with Gasteiger partial charge in [-0.25, -0.2) is 0 Å². The third kappa shape index (κ3) is 0.924. The summed E-state index contributed by atoms with van der Waals surface area (Å²) in [5.74, 6) is 1.40. The molecule has 0 aromatic rings. The Kier molecular flexibility index (Phi) is 1.72. The van der Waals surface area contributed by atoms with E-state index >= 15 is 0 Å². The van der Waals surface area contributed by atoms with Gasteiger partial charge in [0.1, 0.15) is 0 Å². The Labute approximate surface area is 55.7 Å². The second-order valence-corrected chi connectivity index (χ2v) is 2.47. The molecule has 1 rings (SSSR count). The lowest BCUT2D eigenvalue weighted by molar-refractivity contribution is 0.269. The molecule has 9 heavy (non-hydrogen) atoms. The minimum absolute atomic E-state index is 0.271. The predicted octanol–water partition coefficient (Wildman–Crippen LogP) is 1.21. The first kappa shape index (κ1) is 6.56. The van der Waals surface area contributed by atoms with Gasteiger partial charge >= 0.3 is 0 Å². The van der Waals surface area contributed by atoms with Crippen LogP contribution in [0.4, 0.5) is 0 Å². The van der Waals surface area contributed by atoms with Gasteiger partial charge in [0.15, 0.2) is 0 Å². The van der Waals surface area contributed by atoms with Gasteiger partial charge in [-0.3, -0.25) is 0 Å². The molecule has 1 aliphatic carbocycles. The molecule has 3 atom stereocenters. The fourth-order valence-corrected chi connectivity index (χ4v) is 1.34. The summed E-state index contributed by atoms with van der Waals surface area (Å²) in [5.41, 5.74) is 0. The Morgan fingerprint density at radius 1 is 1.22 bits per heavy atom. The Bertz CT molecular complexity index is 115. The van der Waals surface area contributed by atoms with Crippen molar-refractivity contribution in [1.82, 2.24) is 0 Å². The highest BCUT2D eigenvalue weighted by Crippen LogP contribution is 2.47. The summed E-state index contributed by atoms with van der Waals surface area (Å²) in [4.78, 5) is 0. The maximum Gasteiger partial charge on any atom is 0.0470 e. The number of aliphatic hydroxyl groups excluding tert-OH is 1. The lowest BCUT2D eigenvalue weighted by atomic mass is 10.3. The maximum atomic E-state index is 8.71. The van der Waals surface area contributed by atoms with Crippen LogP contribution in [0.25, 0.3) is 0 Å². The Morgan fingerprint density at radius 2 is 1.67 bits per heavy atom. The third-order valence-electron chi connectivity index (χ3n) is 2.05. The fraction of sp³-hybridized carbons (Fsp3) is 0.500. The molecule has 50 valence electrons. The van der Waals surface area contributed by atoms with Crippen LogP contribution in [0.5, 0.6) is 0 Å². The topological polar surface area (TPSA) is 20.2 Å².